The smallest absolute Gasteiger partial charge is 0.217 e. The second-order valence-electron chi connectivity index (χ2n) is 3.21. The molecule has 14 heavy (non-hydrogen) atoms. The molecule has 1 aromatic heterocycles. The van der Waals surface area contributed by atoms with Gasteiger partial charge in [0.05, 0.1) is 0 Å². The fourth-order valence-corrected chi connectivity index (χ4v) is 1.20. The Balaban J connectivity index is 2.18. The molecule has 4 heteroatoms. The Morgan fingerprint density at radius 1 is 1.29 bits per heavy atom. The van der Waals surface area contributed by atoms with E-state index in [1.54, 1.807) is 0 Å². The van der Waals surface area contributed by atoms with Crippen molar-refractivity contribution in [3.8, 4) is 0 Å². The Morgan fingerprint density at radius 3 is 2.86 bits per heavy atom. The van der Waals surface area contributed by atoms with E-state index in [4.69, 9.17) is 0 Å². The SMILES string of the molecule is CCCCCCNc1cc(F)ncn1. The molecule has 1 heterocycles. The summed E-state index contributed by atoms with van der Waals surface area (Å²) >= 11 is 0. The van der Waals surface area contributed by atoms with Crippen LogP contribution in [0.25, 0.3) is 0 Å². The largest absolute Gasteiger partial charge is 0.370 e. The van der Waals surface area contributed by atoms with Crippen LogP contribution in [0.5, 0.6) is 0 Å². The summed E-state index contributed by atoms with van der Waals surface area (Å²) in [6.45, 7) is 3.02. The van der Waals surface area contributed by atoms with E-state index in [1.165, 1.54) is 31.7 Å². The fraction of sp³-hybridized carbons (Fsp3) is 0.600. The number of hydrogen-bond donors (Lipinski definition) is 1. The van der Waals surface area contributed by atoms with Gasteiger partial charge in [-0.05, 0) is 6.42 Å². The van der Waals surface area contributed by atoms with Gasteiger partial charge in [-0.2, -0.15) is 4.39 Å². The Morgan fingerprint density at radius 2 is 2.14 bits per heavy atom. The van der Waals surface area contributed by atoms with Gasteiger partial charge in [-0.25, -0.2) is 9.97 Å². The highest BCUT2D eigenvalue weighted by Crippen LogP contribution is 2.04. The molecule has 1 N–H and O–H groups in total. The standard InChI is InChI=1S/C10H16FN3/c1-2-3-4-5-6-12-10-7-9(11)13-8-14-10/h7-8H,2-6H2,1H3,(H,12,13,14). The van der Waals surface area contributed by atoms with Crippen molar-refractivity contribution in [3.05, 3.63) is 18.3 Å². The molecular formula is C10H16FN3. The third-order valence-corrected chi connectivity index (χ3v) is 1.97. The van der Waals surface area contributed by atoms with Gasteiger partial charge < -0.3 is 5.32 Å². The van der Waals surface area contributed by atoms with E-state index in [1.807, 2.05) is 0 Å². The minimum Gasteiger partial charge on any atom is -0.370 e. The zero-order chi connectivity index (χ0) is 10.2. The fourth-order valence-electron chi connectivity index (χ4n) is 1.20. The molecule has 1 rings (SSSR count). The molecule has 0 amide bonds. The Kier molecular flexibility index (Phi) is 4.89. The predicted molar refractivity (Wildman–Crippen MR) is 54.6 cm³/mol. The summed E-state index contributed by atoms with van der Waals surface area (Å²) in [5.74, 6) is 0.0741. The summed E-state index contributed by atoms with van der Waals surface area (Å²) in [5, 5.41) is 3.05. The van der Waals surface area contributed by atoms with Crippen molar-refractivity contribution < 1.29 is 4.39 Å². The maximum atomic E-state index is 12.6. The monoisotopic (exact) mass is 197 g/mol. The molecule has 0 saturated heterocycles. The average molecular weight is 197 g/mol. The lowest BCUT2D eigenvalue weighted by Gasteiger charge is -2.03. The first kappa shape index (κ1) is 10.9. The van der Waals surface area contributed by atoms with Gasteiger partial charge in [-0.15, -0.1) is 0 Å². The Labute approximate surface area is 83.8 Å². The van der Waals surface area contributed by atoms with E-state index in [9.17, 15) is 4.39 Å². The number of aromatic nitrogens is 2. The van der Waals surface area contributed by atoms with Crippen LogP contribution < -0.4 is 5.32 Å². The van der Waals surface area contributed by atoms with Crippen LogP contribution in [0.4, 0.5) is 10.2 Å². The number of nitrogens with zero attached hydrogens (tertiary/aromatic N) is 2. The van der Waals surface area contributed by atoms with Crippen LogP contribution in [0, 0.1) is 5.95 Å². The molecule has 0 spiro atoms. The second kappa shape index (κ2) is 6.29. The van der Waals surface area contributed by atoms with Crippen molar-refractivity contribution in [2.24, 2.45) is 0 Å². The molecule has 0 atom stereocenters. The molecule has 0 aromatic carbocycles. The Bertz CT molecular complexity index is 265. The number of hydrogen-bond acceptors (Lipinski definition) is 3. The molecule has 1 aromatic rings. The minimum atomic E-state index is -0.490. The van der Waals surface area contributed by atoms with Gasteiger partial charge in [0.15, 0.2) is 0 Å². The molecule has 0 aliphatic rings. The van der Waals surface area contributed by atoms with Crippen LogP contribution in [0.15, 0.2) is 12.4 Å². The Hall–Kier alpha value is -1.19. The number of anilines is 1. The molecule has 0 radical (unpaired) electrons. The summed E-state index contributed by atoms with van der Waals surface area (Å²) in [4.78, 5) is 7.27. The van der Waals surface area contributed by atoms with Gasteiger partial charge in [-0.3, -0.25) is 0 Å². The van der Waals surface area contributed by atoms with Gasteiger partial charge in [0.1, 0.15) is 12.1 Å². The van der Waals surface area contributed by atoms with E-state index >= 15 is 0 Å². The first-order valence-electron chi connectivity index (χ1n) is 5.04. The van der Waals surface area contributed by atoms with E-state index in [-0.39, 0.29) is 0 Å². The molecule has 0 fully saturated rings. The van der Waals surface area contributed by atoms with Gasteiger partial charge >= 0.3 is 0 Å². The van der Waals surface area contributed by atoms with Gasteiger partial charge in [0, 0.05) is 12.6 Å². The lowest BCUT2D eigenvalue weighted by Crippen LogP contribution is -2.03. The van der Waals surface area contributed by atoms with E-state index in [2.05, 4.69) is 22.2 Å². The summed E-state index contributed by atoms with van der Waals surface area (Å²) in [6.07, 6.45) is 6.00. The lowest BCUT2D eigenvalue weighted by atomic mass is 10.2. The van der Waals surface area contributed by atoms with Gasteiger partial charge in [0.25, 0.3) is 0 Å². The van der Waals surface area contributed by atoms with Crippen molar-refractivity contribution in [2.75, 3.05) is 11.9 Å². The minimum absolute atomic E-state index is 0.490. The quantitative estimate of drug-likeness (QED) is 0.562. The predicted octanol–water partition coefficient (Wildman–Crippen LogP) is 2.61. The van der Waals surface area contributed by atoms with Gasteiger partial charge in [-0.1, -0.05) is 26.2 Å². The van der Waals surface area contributed by atoms with Crippen LogP contribution in [-0.2, 0) is 0 Å². The highest BCUT2D eigenvalue weighted by molar-refractivity contribution is 5.31. The summed E-state index contributed by atoms with van der Waals surface area (Å²) < 4.78 is 12.6. The van der Waals surface area contributed by atoms with Crippen LogP contribution in [-0.4, -0.2) is 16.5 Å². The second-order valence-corrected chi connectivity index (χ2v) is 3.21. The molecule has 78 valence electrons. The number of unbranched alkanes of at least 4 members (excludes halogenated alkanes) is 3. The summed E-state index contributed by atoms with van der Waals surface area (Å²) in [6, 6.07) is 1.31. The third-order valence-electron chi connectivity index (χ3n) is 1.97. The van der Waals surface area contributed by atoms with E-state index in [0.29, 0.717) is 5.82 Å². The van der Waals surface area contributed by atoms with E-state index in [0.717, 1.165) is 13.0 Å². The number of rotatable bonds is 6. The molecule has 0 aliphatic heterocycles. The topological polar surface area (TPSA) is 37.8 Å². The number of nitrogens with one attached hydrogen (secondary N) is 1. The molecule has 0 unspecified atom stereocenters. The van der Waals surface area contributed by atoms with Crippen molar-refractivity contribution in [1.82, 2.24) is 9.97 Å². The third kappa shape index (κ3) is 4.16. The highest BCUT2D eigenvalue weighted by atomic mass is 19.1. The summed E-state index contributed by atoms with van der Waals surface area (Å²) in [7, 11) is 0. The zero-order valence-electron chi connectivity index (χ0n) is 8.46. The van der Waals surface area contributed by atoms with Crippen LogP contribution >= 0.6 is 0 Å². The zero-order valence-corrected chi connectivity index (χ0v) is 8.46. The summed E-state index contributed by atoms with van der Waals surface area (Å²) in [5.41, 5.74) is 0. The van der Waals surface area contributed by atoms with Crippen molar-refractivity contribution in [2.45, 2.75) is 32.6 Å². The maximum absolute atomic E-state index is 12.6. The first-order valence-corrected chi connectivity index (χ1v) is 5.04. The van der Waals surface area contributed by atoms with Crippen LogP contribution in [0.1, 0.15) is 32.6 Å². The normalized spacial score (nSPS) is 10.1. The maximum Gasteiger partial charge on any atom is 0.217 e. The van der Waals surface area contributed by atoms with Crippen molar-refractivity contribution >= 4 is 5.82 Å². The molecule has 0 aliphatic carbocycles. The van der Waals surface area contributed by atoms with E-state index < -0.39 is 5.95 Å². The van der Waals surface area contributed by atoms with Gasteiger partial charge in [0.2, 0.25) is 5.95 Å². The lowest BCUT2D eigenvalue weighted by molar-refractivity contribution is 0.580. The van der Waals surface area contributed by atoms with Crippen LogP contribution in [0.3, 0.4) is 0 Å². The highest BCUT2D eigenvalue weighted by Gasteiger charge is 1.95. The molecular weight excluding hydrogens is 181 g/mol. The average Bonchev–Trinajstić information content (AvgIpc) is 2.18. The first-order chi connectivity index (χ1) is 6.83. The van der Waals surface area contributed by atoms with Crippen LogP contribution in [0.2, 0.25) is 0 Å². The molecule has 0 bridgehead atoms. The molecule has 0 saturated carbocycles. The molecule has 3 nitrogen and oxygen atoms in total. The van der Waals surface area contributed by atoms with Crippen molar-refractivity contribution in [3.63, 3.8) is 0 Å². The number of halogens is 1. The van der Waals surface area contributed by atoms with Crippen molar-refractivity contribution in [1.29, 1.82) is 0 Å².